The molecule has 0 aromatic carbocycles. The Hall–Kier alpha value is 0.310. The van der Waals surface area contributed by atoms with Gasteiger partial charge in [-0.2, -0.15) is 11.8 Å². The molecule has 2 heteroatoms. The van der Waals surface area contributed by atoms with Crippen LogP contribution in [0, 0.1) is 5.92 Å². The molecule has 2 unspecified atom stereocenters. The van der Waals surface area contributed by atoms with Gasteiger partial charge in [0.25, 0.3) is 0 Å². The number of aliphatic hydroxyl groups is 1. The predicted molar refractivity (Wildman–Crippen MR) is 64.8 cm³/mol. The zero-order chi connectivity index (χ0) is 10.6. The lowest BCUT2D eigenvalue weighted by Gasteiger charge is -2.29. The van der Waals surface area contributed by atoms with Crippen LogP contribution in [0.2, 0.25) is 0 Å². The quantitative estimate of drug-likeness (QED) is 0.759. The van der Waals surface area contributed by atoms with Gasteiger partial charge in [-0.05, 0) is 37.9 Å². The SMILES string of the molecule is CC(C)CCCC(O)C1(C)CCCS1. The average Bonchev–Trinajstić information content (AvgIpc) is 2.52. The molecule has 1 aliphatic heterocycles. The Morgan fingerprint density at radius 3 is 2.57 bits per heavy atom. The molecule has 1 nitrogen and oxygen atoms in total. The van der Waals surface area contributed by atoms with Gasteiger partial charge in [0.1, 0.15) is 0 Å². The summed E-state index contributed by atoms with van der Waals surface area (Å²) in [6.07, 6.45) is 5.80. The van der Waals surface area contributed by atoms with E-state index in [1.807, 2.05) is 11.8 Å². The van der Waals surface area contributed by atoms with E-state index in [-0.39, 0.29) is 10.9 Å². The zero-order valence-corrected chi connectivity index (χ0v) is 10.6. The van der Waals surface area contributed by atoms with Crippen molar-refractivity contribution in [2.45, 2.75) is 63.7 Å². The molecule has 0 aromatic rings. The Labute approximate surface area is 92.7 Å². The molecule has 0 bridgehead atoms. The Kier molecular flexibility index (Phi) is 4.78. The highest BCUT2D eigenvalue weighted by atomic mass is 32.2. The minimum absolute atomic E-state index is 0.0891. The molecule has 0 saturated carbocycles. The molecule has 1 fully saturated rings. The summed E-state index contributed by atoms with van der Waals surface area (Å²) in [7, 11) is 0. The van der Waals surface area contributed by atoms with Gasteiger partial charge in [0, 0.05) is 4.75 Å². The van der Waals surface area contributed by atoms with E-state index in [0.29, 0.717) is 0 Å². The van der Waals surface area contributed by atoms with Crippen molar-refractivity contribution in [1.29, 1.82) is 0 Å². The van der Waals surface area contributed by atoms with E-state index in [1.165, 1.54) is 31.4 Å². The molecule has 1 aliphatic rings. The molecule has 84 valence electrons. The molecular formula is C12H24OS. The molecule has 0 radical (unpaired) electrons. The molecule has 0 aliphatic carbocycles. The Morgan fingerprint density at radius 1 is 1.36 bits per heavy atom. The second-order valence-corrected chi connectivity index (χ2v) is 6.73. The standard InChI is InChI=1S/C12H24OS/c1-10(2)6-4-7-11(13)12(3)8-5-9-14-12/h10-11,13H,4-9H2,1-3H3. The summed E-state index contributed by atoms with van der Waals surface area (Å²) in [6.45, 7) is 6.72. The molecule has 1 heterocycles. The van der Waals surface area contributed by atoms with E-state index < -0.39 is 0 Å². The van der Waals surface area contributed by atoms with Crippen molar-refractivity contribution in [3.63, 3.8) is 0 Å². The molecule has 1 saturated heterocycles. The van der Waals surface area contributed by atoms with Crippen LogP contribution in [0.4, 0.5) is 0 Å². The van der Waals surface area contributed by atoms with Crippen LogP contribution in [-0.4, -0.2) is 21.7 Å². The summed E-state index contributed by atoms with van der Waals surface area (Å²) in [4.78, 5) is 0. The maximum absolute atomic E-state index is 10.1. The van der Waals surface area contributed by atoms with Crippen LogP contribution >= 0.6 is 11.8 Å². The van der Waals surface area contributed by atoms with Gasteiger partial charge in [0.2, 0.25) is 0 Å². The molecule has 0 aromatic heterocycles. The second kappa shape index (κ2) is 5.41. The van der Waals surface area contributed by atoms with Crippen molar-refractivity contribution in [3.8, 4) is 0 Å². The fourth-order valence-electron chi connectivity index (χ4n) is 2.09. The first-order valence-corrected chi connectivity index (χ1v) is 6.85. The lowest BCUT2D eigenvalue weighted by atomic mass is 9.93. The third-order valence-electron chi connectivity index (χ3n) is 3.21. The third kappa shape index (κ3) is 3.47. The average molecular weight is 216 g/mol. The maximum atomic E-state index is 10.1. The van der Waals surface area contributed by atoms with Crippen molar-refractivity contribution in [2.24, 2.45) is 5.92 Å². The summed E-state index contributed by atoms with van der Waals surface area (Å²) in [5, 5.41) is 10.1. The number of rotatable bonds is 5. The minimum atomic E-state index is -0.0891. The summed E-state index contributed by atoms with van der Waals surface area (Å²) in [5.41, 5.74) is 0. The Bertz CT molecular complexity index is 162. The normalized spacial score (nSPS) is 29.8. The predicted octanol–water partition coefficient (Wildman–Crippen LogP) is 3.46. The minimum Gasteiger partial charge on any atom is -0.392 e. The summed E-state index contributed by atoms with van der Waals surface area (Å²) >= 11 is 1.96. The van der Waals surface area contributed by atoms with Gasteiger partial charge in [-0.25, -0.2) is 0 Å². The maximum Gasteiger partial charge on any atom is 0.0684 e. The monoisotopic (exact) mass is 216 g/mol. The Morgan fingerprint density at radius 2 is 2.07 bits per heavy atom. The van der Waals surface area contributed by atoms with Crippen LogP contribution in [0.25, 0.3) is 0 Å². The third-order valence-corrected chi connectivity index (χ3v) is 4.84. The highest BCUT2D eigenvalue weighted by Gasteiger charge is 2.36. The molecular weight excluding hydrogens is 192 g/mol. The van der Waals surface area contributed by atoms with E-state index in [0.717, 1.165) is 12.3 Å². The van der Waals surface area contributed by atoms with Crippen LogP contribution < -0.4 is 0 Å². The van der Waals surface area contributed by atoms with E-state index in [1.54, 1.807) is 0 Å². The molecule has 1 rings (SSSR count). The van der Waals surface area contributed by atoms with Crippen molar-refractivity contribution in [3.05, 3.63) is 0 Å². The molecule has 1 N–H and O–H groups in total. The topological polar surface area (TPSA) is 20.2 Å². The zero-order valence-electron chi connectivity index (χ0n) is 9.75. The number of hydrogen-bond acceptors (Lipinski definition) is 2. The van der Waals surface area contributed by atoms with Gasteiger partial charge < -0.3 is 5.11 Å². The summed E-state index contributed by atoms with van der Waals surface area (Å²) in [6, 6.07) is 0. The van der Waals surface area contributed by atoms with Crippen LogP contribution in [0.3, 0.4) is 0 Å². The van der Waals surface area contributed by atoms with Crippen molar-refractivity contribution >= 4 is 11.8 Å². The first-order chi connectivity index (χ1) is 6.54. The van der Waals surface area contributed by atoms with Crippen molar-refractivity contribution in [1.82, 2.24) is 0 Å². The molecule has 14 heavy (non-hydrogen) atoms. The number of thioether (sulfide) groups is 1. The lowest BCUT2D eigenvalue weighted by Crippen LogP contribution is -2.33. The van der Waals surface area contributed by atoms with Gasteiger partial charge >= 0.3 is 0 Å². The second-order valence-electron chi connectivity index (χ2n) is 5.11. The first kappa shape index (κ1) is 12.4. The molecule has 0 amide bonds. The lowest BCUT2D eigenvalue weighted by molar-refractivity contribution is 0.120. The van der Waals surface area contributed by atoms with Gasteiger partial charge in [-0.15, -0.1) is 0 Å². The fourth-order valence-corrected chi connectivity index (χ4v) is 3.44. The van der Waals surface area contributed by atoms with Gasteiger partial charge in [-0.1, -0.05) is 26.7 Å². The summed E-state index contributed by atoms with van der Waals surface area (Å²) in [5.74, 6) is 2.00. The highest BCUT2D eigenvalue weighted by Crippen LogP contribution is 2.41. The van der Waals surface area contributed by atoms with Crippen LogP contribution in [0.1, 0.15) is 52.9 Å². The van der Waals surface area contributed by atoms with Gasteiger partial charge in [0.15, 0.2) is 0 Å². The summed E-state index contributed by atoms with van der Waals surface area (Å²) < 4.78 is 0.164. The van der Waals surface area contributed by atoms with Crippen molar-refractivity contribution < 1.29 is 5.11 Å². The Balaban J connectivity index is 2.23. The highest BCUT2D eigenvalue weighted by molar-refractivity contribution is 8.00. The van der Waals surface area contributed by atoms with Gasteiger partial charge in [0.05, 0.1) is 6.10 Å². The van der Waals surface area contributed by atoms with Crippen LogP contribution in [0.15, 0.2) is 0 Å². The molecule has 2 atom stereocenters. The van der Waals surface area contributed by atoms with E-state index in [9.17, 15) is 5.11 Å². The largest absolute Gasteiger partial charge is 0.392 e. The van der Waals surface area contributed by atoms with Gasteiger partial charge in [-0.3, -0.25) is 0 Å². The van der Waals surface area contributed by atoms with E-state index >= 15 is 0 Å². The number of hydrogen-bond donors (Lipinski definition) is 1. The number of aliphatic hydroxyl groups excluding tert-OH is 1. The van der Waals surface area contributed by atoms with Crippen LogP contribution in [0.5, 0.6) is 0 Å². The smallest absolute Gasteiger partial charge is 0.0684 e. The molecule has 0 spiro atoms. The van der Waals surface area contributed by atoms with Crippen LogP contribution in [-0.2, 0) is 0 Å². The fraction of sp³-hybridized carbons (Fsp3) is 1.00. The van der Waals surface area contributed by atoms with E-state index in [2.05, 4.69) is 20.8 Å². The van der Waals surface area contributed by atoms with Crippen molar-refractivity contribution in [2.75, 3.05) is 5.75 Å². The van der Waals surface area contributed by atoms with E-state index in [4.69, 9.17) is 0 Å². The first-order valence-electron chi connectivity index (χ1n) is 5.86.